The number of benzene rings is 1. The summed E-state index contributed by atoms with van der Waals surface area (Å²) in [6.07, 6.45) is 1.16. The summed E-state index contributed by atoms with van der Waals surface area (Å²) < 4.78 is 25.0. The summed E-state index contributed by atoms with van der Waals surface area (Å²) in [5, 5.41) is 0.562. The molecule has 8 heteroatoms. The molecule has 2 aliphatic rings. The predicted molar refractivity (Wildman–Crippen MR) is 103 cm³/mol. The van der Waals surface area contributed by atoms with E-state index in [9.17, 15) is 13.2 Å². The van der Waals surface area contributed by atoms with Crippen LogP contribution in [0.1, 0.15) is 25.3 Å². The van der Waals surface area contributed by atoms with E-state index in [1.54, 1.807) is 0 Å². The van der Waals surface area contributed by atoms with Crippen LogP contribution < -0.4 is 4.90 Å². The van der Waals surface area contributed by atoms with E-state index in [4.69, 9.17) is 0 Å². The Morgan fingerprint density at radius 2 is 2.17 bits per heavy atom. The molecule has 2 aliphatic heterocycles. The number of thioether (sulfide) groups is 1. The van der Waals surface area contributed by atoms with Crippen molar-refractivity contribution in [3.05, 3.63) is 28.2 Å². The van der Waals surface area contributed by atoms with Gasteiger partial charge >= 0.3 is 0 Å². The molecule has 0 aliphatic carbocycles. The zero-order valence-electron chi connectivity index (χ0n) is 13.5. The van der Waals surface area contributed by atoms with Gasteiger partial charge < -0.3 is 4.90 Å². The van der Waals surface area contributed by atoms with E-state index in [2.05, 4.69) is 20.9 Å². The Hall–Kier alpha value is -0.860. The van der Waals surface area contributed by atoms with Crippen molar-refractivity contribution < 1.29 is 13.2 Å². The van der Waals surface area contributed by atoms with Gasteiger partial charge in [0.05, 0.1) is 17.5 Å². The number of aliphatic imine (C=N–C) groups is 1. The SMILES string of the molecule is CCCC(=O)N=C1SC2CS(=O)(=O)CC2N1c1ccc(Br)c(C)c1. The van der Waals surface area contributed by atoms with Gasteiger partial charge in [0, 0.05) is 21.8 Å². The van der Waals surface area contributed by atoms with Crippen LogP contribution >= 0.6 is 27.7 Å². The van der Waals surface area contributed by atoms with Gasteiger partial charge in [-0.05, 0) is 37.1 Å². The van der Waals surface area contributed by atoms with E-state index in [0.29, 0.717) is 11.6 Å². The van der Waals surface area contributed by atoms with E-state index in [0.717, 1.165) is 22.1 Å². The Morgan fingerprint density at radius 3 is 2.83 bits per heavy atom. The molecule has 2 unspecified atom stereocenters. The molecule has 130 valence electrons. The molecule has 0 N–H and O–H groups in total. The Bertz CT molecular complexity index is 808. The number of sulfone groups is 1. The van der Waals surface area contributed by atoms with Crippen LogP contribution in [-0.4, -0.2) is 42.3 Å². The minimum Gasteiger partial charge on any atom is -0.316 e. The van der Waals surface area contributed by atoms with Gasteiger partial charge in [0.2, 0.25) is 5.91 Å². The Labute approximate surface area is 155 Å². The van der Waals surface area contributed by atoms with E-state index in [1.165, 1.54) is 11.8 Å². The second kappa shape index (κ2) is 6.80. The normalized spacial score (nSPS) is 26.8. The molecule has 2 fully saturated rings. The number of carbonyl (C=O) groups excluding carboxylic acids is 1. The summed E-state index contributed by atoms with van der Waals surface area (Å²) in [7, 11) is -3.04. The fourth-order valence-corrected chi connectivity index (χ4v) is 7.20. The number of rotatable bonds is 3. The second-order valence-corrected chi connectivity index (χ2v) is 10.4. The molecular formula is C16H19BrN2O3S2. The van der Waals surface area contributed by atoms with Crippen molar-refractivity contribution in [2.45, 2.75) is 38.0 Å². The van der Waals surface area contributed by atoms with E-state index in [-0.39, 0.29) is 28.7 Å². The standard InChI is InChI=1S/C16H19BrN2O3S2/c1-3-4-15(20)18-16-19(11-5-6-12(17)10(2)7-11)13-8-24(21,22)9-14(13)23-16/h5-7,13-14H,3-4,8-9H2,1-2H3. The van der Waals surface area contributed by atoms with Crippen LogP contribution in [0.25, 0.3) is 0 Å². The van der Waals surface area contributed by atoms with Crippen molar-refractivity contribution in [1.29, 1.82) is 0 Å². The average molecular weight is 431 g/mol. The highest BCUT2D eigenvalue weighted by Gasteiger charge is 2.49. The molecule has 1 aromatic rings. The van der Waals surface area contributed by atoms with Crippen LogP contribution in [0.3, 0.4) is 0 Å². The average Bonchev–Trinajstić information content (AvgIpc) is 2.93. The molecule has 0 radical (unpaired) electrons. The summed E-state index contributed by atoms with van der Waals surface area (Å²) >= 11 is 4.90. The van der Waals surface area contributed by atoms with Crippen molar-refractivity contribution in [2.24, 2.45) is 4.99 Å². The minimum atomic E-state index is -3.04. The number of amidine groups is 1. The second-order valence-electron chi connectivity index (χ2n) is 6.14. The molecule has 2 heterocycles. The first kappa shape index (κ1) is 17.9. The van der Waals surface area contributed by atoms with Crippen LogP contribution in [0.5, 0.6) is 0 Å². The number of nitrogens with zero attached hydrogens (tertiary/aromatic N) is 2. The molecular weight excluding hydrogens is 412 g/mol. The van der Waals surface area contributed by atoms with Crippen molar-refractivity contribution >= 4 is 54.3 Å². The van der Waals surface area contributed by atoms with Gasteiger partial charge in [-0.25, -0.2) is 8.42 Å². The summed E-state index contributed by atoms with van der Waals surface area (Å²) in [5.41, 5.74) is 1.94. The molecule has 0 saturated carbocycles. The molecule has 0 bridgehead atoms. The fraction of sp³-hybridized carbons (Fsp3) is 0.500. The Morgan fingerprint density at radius 1 is 1.42 bits per heavy atom. The van der Waals surface area contributed by atoms with Gasteiger partial charge in [-0.3, -0.25) is 4.79 Å². The summed E-state index contributed by atoms with van der Waals surface area (Å²) in [6.45, 7) is 3.93. The smallest absolute Gasteiger partial charge is 0.248 e. The number of aryl methyl sites for hydroxylation is 1. The highest BCUT2D eigenvalue weighted by molar-refractivity contribution is 9.10. The van der Waals surface area contributed by atoms with Crippen LogP contribution in [-0.2, 0) is 14.6 Å². The minimum absolute atomic E-state index is 0.0628. The summed E-state index contributed by atoms with van der Waals surface area (Å²) in [5.74, 6) is 0.109. The van der Waals surface area contributed by atoms with Gasteiger partial charge in [0.1, 0.15) is 0 Å². The number of halogens is 1. The number of hydrogen-bond donors (Lipinski definition) is 0. The Balaban J connectivity index is 2.01. The van der Waals surface area contributed by atoms with Crippen LogP contribution in [0.2, 0.25) is 0 Å². The van der Waals surface area contributed by atoms with E-state index < -0.39 is 9.84 Å². The maximum absolute atomic E-state index is 12.0. The van der Waals surface area contributed by atoms with Crippen LogP contribution in [0.15, 0.2) is 27.7 Å². The molecule has 2 atom stereocenters. The number of hydrogen-bond acceptors (Lipinski definition) is 4. The van der Waals surface area contributed by atoms with Crippen molar-refractivity contribution in [3.8, 4) is 0 Å². The quantitative estimate of drug-likeness (QED) is 0.736. The Kier molecular flexibility index (Phi) is 5.09. The summed E-state index contributed by atoms with van der Waals surface area (Å²) in [4.78, 5) is 18.2. The first-order valence-corrected chi connectivity index (χ1v) is 11.3. The number of fused-ring (bicyclic) bond motifs is 1. The number of anilines is 1. The van der Waals surface area contributed by atoms with Gasteiger partial charge in [-0.1, -0.05) is 34.6 Å². The lowest BCUT2D eigenvalue weighted by Gasteiger charge is -2.25. The number of carbonyl (C=O) groups is 1. The highest BCUT2D eigenvalue weighted by atomic mass is 79.9. The molecule has 0 spiro atoms. The molecule has 0 aromatic heterocycles. The van der Waals surface area contributed by atoms with E-state index in [1.807, 2.05) is 36.9 Å². The van der Waals surface area contributed by atoms with Crippen LogP contribution in [0, 0.1) is 6.92 Å². The van der Waals surface area contributed by atoms with Gasteiger partial charge in [-0.2, -0.15) is 4.99 Å². The highest BCUT2D eigenvalue weighted by Crippen LogP contribution is 2.41. The molecule has 3 rings (SSSR count). The third kappa shape index (κ3) is 3.55. The molecule has 2 saturated heterocycles. The molecule has 5 nitrogen and oxygen atoms in total. The lowest BCUT2D eigenvalue weighted by atomic mass is 10.1. The maximum atomic E-state index is 12.0. The third-order valence-electron chi connectivity index (χ3n) is 4.17. The zero-order valence-corrected chi connectivity index (χ0v) is 16.7. The van der Waals surface area contributed by atoms with E-state index >= 15 is 0 Å². The lowest BCUT2D eigenvalue weighted by Crippen LogP contribution is -2.37. The fourth-order valence-electron chi connectivity index (χ4n) is 3.02. The van der Waals surface area contributed by atoms with Gasteiger partial charge in [0.15, 0.2) is 15.0 Å². The van der Waals surface area contributed by atoms with Crippen molar-refractivity contribution in [3.63, 3.8) is 0 Å². The van der Waals surface area contributed by atoms with Crippen molar-refractivity contribution in [2.75, 3.05) is 16.4 Å². The van der Waals surface area contributed by atoms with Crippen LogP contribution in [0.4, 0.5) is 5.69 Å². The van der Waals surface area contributed by atoms with Crippen molar-refractivity contribution in [1.82, 2.24) is 0 Å². The predicted octanol–water partition coefficient (Wildman–Crippen LogP) is 3.16. The molecule has 1 amide bonds. The first-order valence-electron chi connectivity index (χ1n) is 7.84. The monoisotopic (exact) mass is 430 g/mol. The first-order chi connectivity index (χ1) is 11.3. The third-order valence-corrected chi connectivity index (χ3v) is 8.27. The maximum Gasteiger partial charge on any atom is 0.248 e. The molecule has 1 aromatic carbocycles. The van der Waals surface area contributed by atoms with Gasteiger partial charge in [-0.15, -0.1) is 0 Å². The molecule has 24 heavy (non-hydrogen) atoms. The van der Waals surface area contributed by atoms with Gasteiger partial charge in [0.25, 0.3) is 0 Å². The largest absolute Gasteiger partial charge is 0.316 e. The zero-order chi connectivity index (χ0) is 17.5. The number of amides is 1. The lowest BCUT2D eigenvalue weighted by molar-refractivity contribution is -0.117. The topological polar surface area (TPSA) is 66.8 Å². The summed E-state index contributed by atoms with van der Waals surface area (Å²) in [6, 6.07) is 5.72.